The van der Waals surface area contributed by atoms with Crippen LogP contribution in [0.1, 0.15) is 39.4 Å². The van der Waals surface area contributed by atoms with Crippen molar-refractivity contribution in [3.63, 3.8) is 0 Å². The maximum absolute atomic E-state index is 5.92. The highest BCUT2D eigenvalue weighted by atomic mass is 32.2. The van der Waals surface area contributed by atoms with Crippen LogP contribution in [0.25, 0.3) is 11.0 Å². The number of nitrogens with zero attached hydrogens (tertiary/aromatic N) is 2. The van der Waals surface area contributed by atoms with Crippen molar-refractivity contribution in [3.8, 4) is 0 Å². The summed E-state index contributed by atoms with van der Waals surface area (Å²) in [4.78, 5) is 4.89. The second-order valence-electron chi connectivity index (χ2n) is 7.10. The molecule has 0 bridgehead atoms. The first-order valence-corrected chi connectivity index (χ1v) is 8.94. The van der Waals surface area contributed by atoms with Crippen LogP contribution >= 0.6 is 11.8 Å². The smallest absolute Gasteiger partial charge is 0.115 e. The molecule has 3 rings (SSSR count). The number of nitrogen functional groups attached to an aromatic ring is 1. The normalized spacial score (nSPS) is 17.5. The molecule has 1 aromatic heterocycles. The van der Waals surface area contributed by atoms with Gasteiger partial charge >= 0.3 is 0 Å². The van der Waals surface area contributed by atoms with E-state index < -0.39 is 0 Å². The number of imidazole rings is 1. The third-order valence-electron chi connectivity index (χ3n) is 4.22. The molecule has 1 fully saturated rings. The van der Waals surface area contributed by atoms with E-state index in [9.17, 15) is 0 Å². The van der Waals surface area contributed by atoms with E-state index in [1.807, 2.05) is 12.1 Å². The summed E-state index contributed by atoms with van der Waals surface area (Å²) in [5.74, 6) is 4.56. The van der Waals surface area contributed by atoms with Crippen molar-refractivity contribution >= 4 is 28.5 Å². The van der Waals surface area contributed by atoms with Gasteiger partial charge in [-0.05, 0) is 48.5 Å². The standard InChI is InChI=1S/C17H25N3S/c1-17(2,3)16-19-14-10-13(18)4-5-15(14)20(16)11-12-6-8-21-9-7-12/h4-5,10,12H,6-9,11,18H2,1-3H3. The summed E-state index contributed by atoms with van der Waals surface area (Å²) in [7, 11) is 0. The SMILES string of the molecule is CC(C)(C)c1nc2cc(N)ccc2n1CC1CCSCC1. The number of fused-ring (bicyclic) bond motifs is 1. The molecule has 3 nitrogen and oxygen atoms in total. The monoisotopic (exact) mass is 303 g/mol. The minimum absolute atomic E-state index is 0.0528. The zero-order chi connectivity index (χ0) is 15.0. The Hall–Kier alpha value is -1.16. The zero-order valence-corrected chi connectivity index (χ0v) is 14.0. The molecule has 0 spiro atoms. The molecule has 2 N–H and O–H groups in total. The van der Waals surface area contributed by atoms with Crippen LogP contribution in [-0.2, 0) is 12.0 Å². The van der Waals surface area contributed by atoms with Crippen molar-refractivity contribution in [1.29, 1.82) is 0 Å². The predicted molar refractivity (Wildman–Crippen MR) is 92.9 cm³/mol. The first kappa shape index (κ1) is 14.8. The van der Waals surface area contributed by atoms with Gasteiger partial charge in [0.1, 0.15) is 5.82 Å². The van der Waals surface area contributed by atoms with Crippen molar-refractivity contribution in [2.45, 2.75) is 45.6 Å². The van der Waals surface area contributed by atoms with Gasteiger partial charge in [-0.2, -0.15) is 11.8 Å². The highest BCUT2D eigenvalue weighted by Crippen LogP contribution is 2.31. The van der Waals surface area contributed by atoms with Gasteiger partial charge in [0.15, 0.2) is 0 Å². The zero-order valence-electron chi connectivity index (χ0n) is 13.2. The van der Waals surface area contributed by atoms with E-state index in [0.29, 0.717) is 0 Å². The van der Waals surface area contributed by atoms with Gasteiger partial charge in [0, 0.05) is 17.6 Å². The van der Waals surface area contributed by atoms with E-state index in [2.05, 4.69) is 43.2 Å². The Morgan fingerprint density at radius 1 is 1.29 bits per heavy atom. The van der Waals surface area contributed by atoms with Gasteiger partial charge < -0.3 is 10.3 Å². The minimum atomic E-state index is 0.0528. The predicted octanol–water partition coefficient (Wildman–Crippen LogP) is 4.06. The summed E-state index contributed by atoms with van der Waals surface area (Å²) in [6.45, 7) is 7.81. The van der Waals surface area contributed by atoms with E-state index in [-0.39, 0.29) is 5.41 Å². The quantitative estimate of drug-likeness (QED) is 0.851. The molecule has 21 heavy (non-hydrogen) atoms. The molecule has 2 heterocycles. The molecule has 0 saturated carbocycles. The topological polar surface area (TPSA) is 43.8 Å². The van der Waals surface area contributed by atoms with Crippen molar-refractivity contribution in [3.05, 3.63) is 24.0 Å². The molecule has 0 unspecified atom stereocenters. The Bertz CT molecular complexity index is 633. The highest BCUT2D eigenvalue weighted by Gasteiger charge is 2.25. The van der Waals surface area contributed by atoms with E-state index in [1.54, 1.807) is 0 Å². The molecular formula is C17H25N3S. The van der Waals surface area contributed by atoms with E-state index >= 15 is 0 Å². The average Bonchev–Trinajstić information content (AvgIpc) is 2.78. The number of rotatable bonds is 2. The van der Waals surface area contributed by atoms with Gasteiger partial charge in [0.25, 0.3) is 0 Å². The molecule has 4 heteroatoms. The molecule has 114 valence electrons. The number of hydrogen-bond acceptors (Lipinski definition) is 3. The van der Waals surface area contributed by atoms with Crippen LogP contribution in [0.3, 0.4) is 0 Å². The largest absolute Gasteiger partial charge is 0.399 e. The Morgan fingerprint density at radius 3 is 2.67 bits per heavy atom. The molecule has 1 aromatic carbocycles. The Kier molecular flexibility index (Phi) is 3.91. The van der Waals surface area contributed by atoms with Gasteiger partial charge in [0.05, 0.1) is 11.0 Å². The van der Waals surface area contributed by atoms with Crippen molar-refractivity contribution in [2.75, 3.05) is 17.2 Å². The number of anilines is 1. The van der Waals surface area contributed by atoms with Gasteiger partial charge in [-0.15, -0.1) is 0 Å². The molecule has 0 aliphatic carbocycles. The van der Waals surface area contributed by atoms with E-state index in [4.69, 9.17) is 10.7 Å². The van der Waals surface area contributed by atoms with Gasteiger partial charge in [-0.25, -0.2) is 4.98 Å². The second-order valence-corrected chi connectivity index (χ2v) is 8.32. The van der Waals surface area contributed by atoms with Crippen LogP contribution in [0, 0.1) is 5.92 Å². The second kappa shape index (κ2) is 5.56. The van der Waals surface area contributed by atoms with Crippen LogP contribution in [0.5, 0.6) is 0 Å². The first-order valence-electron chi connectivity index (χ1n) is 7.79. The summed E-state index contributed by atoms with van der Waals surface area (Å²) in [5.41, 5.74) is 9.03. The van der Waals surface area contributed by atoms with Crippen LogP contribution in [-0.4, -0.2) is 21.1 Å². The van der Waals surface area contributed by atoms with Gasteiger partial charge in [-0.3, -0.25) is 0 Å². The Balaban J connectivity index is 2.04. The third kappa shape index (κ3) is 3.05. The lowest BCUT2D eigenvalue weighted by Gasteiger charge is -2.26. The molecular weight excluding hydrogens is 278 g/mol. The number of aromatic nitrogens is 2. The average molecular weight is 303 g/mol. The van der Waals surface area contributed by atoms with Gasteiger partial charge in [-0.1, -0.05) is 20.8 Å². The summed E-state index contributed by atoms with van der Waals surface area (Å²) in [5, 5.41) is 0. The summed E-state index contributed by atoms with van der Waals surface area (Å²) >= 11 is 2.09. The fraction of sp³-hybridized carbons (Fsp3) is 0.588. The minimum Gasteiger partial charge on any atom is -0.399 e. The van der Waals surface area contributed by atoms with Crippen LogP contribution in [0.4, 0.5) is 5.69 Å². The van der Waals surface area contributed by atoms with Crippen LogP contribution in [0.15, 0.2) is 18.2 Å². The molecule has 1 aliphatic heterocycles. The lowest BCUT2D eigenvalue weighted by Crippen LogP contribution is -2.23. The lowest BCUT2D eigenvalue weighted by molar-refractivity contribution is 0.395. The Morgan fingerprint density at radius 2 is 2.00 bits per heavy atom. The highest BCUT2D eigenvalue weighted by molar-refractivity contribution is 7.99. The molecule has 0 radical (unpaired) electrons. The fourth-order valence-corrected chi connectivity index (χ4v) is 4.30. The summed E-state index contributed by atoms with van der Waals surface area (Å²) in [6, 6.07) is 6.12. The van der Waals surface area contributed by atoms with Crippen molar-refractivity contribution in [2.24, 2.45) is 5.92 Å². The fourth-order valence-electron chi connectivity index (χ4n) is 3.09. The van der Waals surface area contributed by atoms with Crippen LogP contribution < -0.4 is 5.73 Å². The number of nitrogens with two attached hydrogens (primary N) is 1. The van der Waals surface area contributed by atoms with E-state index in [0.717, 1.165) is 23.7 Å². The van der Waals surface area contributed by atoms with Crippen molar-refractivity contribution < 1.29 is 0 Å². The third-order valence-corrected chi connectivity index (χ3v) is 5.27. The maximum atomic E-state index is 5.92. The molecule has 1 saturated heterocycles. The summed E-state index contributed by atoms with van der Waals surface area (Å²) in [6.07, 6.45) is 2.64. The van der Waals surface area contributed by atoms with Crippen LogP contribution in [0.2, 0.25) is 0 Å². The summed E-state index contributed by atoms with van der Waals surface area (Å²) < 4.78 is 2.44. The molecule has 0 amide bonds. The molecule has 1 aliphatic rings. The lowest BCUT2D eigenvalue weighted by atomic mass is 9.95. The van der Waals surface area contributed by atoms with E-state index in [1.165, 1.54) is 35.7 Å². The number of thioether (sulfide) groups is 1. The number of hydrogen-bond donors (Lipinski definition) is 1. The Labute approximate surface area is 131 Å². The maximum Gasteiger partial charge on any atom is 0.115 e. The number of benzene rings is 1. The van der Waals surface area contributed by atoms with Gasteiger partial charge in [0.2, 0.25) is 0 Å². The first-order chi connectivity index (χ1) is 9.95. The molecule has 2 aromatic rings. The molecule has 0 atom stereocenters. The van der Waals surface area contributed by atoms with Crippen molar-refractivity contribution in [1.82, 2.24) is 9.55 Å².